The summed E-state index contributed by atoms with van der Waals surface area (Å²) in [5.41, 5.74) is 3.54. The van der Waals surface area contributed by atoms with Crippen LogP contribution >= 0.6 is 0 Å². The molecule has 4 rings (SSSR count). The van der Waals surface area contributed by atoms with Gasteiger partial charge in [0.25, 0.3) is 17.7 Å². The van der Waals surface area contributed by atoms with E-state index in [2.05, 4.69) is 11.8 Å². The molecule has 0 bridgehead atoms. The second-order valence-electron chi connectivity index (χ2n) is 7.72. The fourth-order valence-corrected chi connectivity index (χ4v) is 4.00. The second-order valence-corrected chi connectivity index (χ2v) is 7.72. The highest BCUT2D eigenvalue weighted by Crippen LogP contribution is 2.32. The van der Waals surface area contributed by atoms with Gasteiger partial charge < -0.3 is 9.80 Å². The largest absolute Gasteiger partial charge is 0.336 e. The van der Waals surface area contributed by atoms with Crippen LogP contribution in [0, 0.1) is 13.8 Å². The molecule has 0 atom stereocenters. The zero-order chi connectivity index (χ0) is 20.7. The fourth-order valence-electron chi connectivity index (χ4n) is 4.00. The Labute approximate surface area is 170 Å². The summed E-state index contributed by atoms with van der Waals surface area (Å²) in [6.07, 6.45) is 0. The van der Waals surface area contributed by atoms with E-state index in [9.17, 15) is 14.4 Å². The lowest BCUT2D eigenvalue weighted by Gasteiger charge is -2.34. The monoisotopic (exact) mass is 391 g/mol. The molecule has 2 aromatic carbocycles. The summed E-state index contributed by atoms with van der Waals surface area (Å²) in [5.74, 6) is -0.799. The molecule has 2 aliphatic heterocycles. The van der Waals surface area contributed by atoms with Crippen molar-refractivity contribution in [3.63, 3.8) is 0 Å². The van der Waals surface area contributed by atoms with Crippen molar-refractivity contribution >= 4 is 23.4 Å². The van der Waals surface area contributed by atoms with E-state index < -0.39 is 0 Å². The quantitative estimate of drug-likeness (QED) is 0.755. The molecule has 2 aromatic rings. The van der Waals surface area contributed by atoms with Crippen LogP contribution in [0.5, 0.6) is 0 Å². The molecule has 0 radical (unpaired) electrons. The van der Waals surface area contributed by atoms with E-state index in [1.165, 1.54) is 4.90 Å². The van der Waals surface area contributed by atoms with Crippen molar-refractivity contribution in [2.45, 2.75) is 20.8 Å². The molecule has 0 spiro atoms. The molecule has 6 heteroatoms. The van der Waals surface area contributed by atoms with Gasteiger partial charge in [-0.25, -0.2) is 4.90 Å². The lowest BCUT2D eigenvalue weighted by atomic mass is 10.0. The van der Waals surface area contributed by atoms with Gasteiger partial charge in [-0.1, -0.05) is 19.1 Å². The number of fused-ring (bicyclic) bond motifs is 1. The van der Waals surface area contributed by atoms with E-state index in [0.717, 1.165) is 30.8 Å². The summed E-state index contributed by atoms with van der Waals surface area (Å²) >= 11 is 0. The number of carbonyl (C=O) groups excluding carboxylic acids is 3. The molecule has 1 saturated heterocycles. The third kappa shape index (κ3) is 3.34. The first-order chi connectivity index (χ1) is 13.9. The average molecular weight is 391 g/mol. The van der Waals surface area contributed by atoms with Gasteiger partial charge in [0.05, 0.1) is 16.8 Å². The highest BCUT2D eigenvalue weighted by molar-refractivity contribution is 6.35. The number of benzene rings is 2. The van der Waals surface area contributed by atoms with Crippen LogP contribution < -0.4 is 4.90 Å². The number of hydrogen-bond donors (Lipinski definition) is 0. The third-order valence-corrected chi connectivity index (χ3v) is 5.85. The molecule has 0 unspecified atom stereocenters. The van der Waals surface area contributed by atoms with E-state index in [0.29, 0.717) is 35.5 Å². The van der Waals surface area contributed by atoms with Gasteiger partial charge in [0.1, 0.15) is 0 Å². The highest BCUT2D eigenvalue weighted by atomic mass is 16.2. The van der Waals surface area contributed by atoms with Gasteiger partial charge in [0, 0.05) is 31.7 Å². The summed E-state index contributed by atoms with van der Waals surface area (Å²) in [4.78, 5) is 44.3. The molecule has 150 valence electrons. The van der Waals surface area contributed by atoms with Gasteiger partial charge in [0.15, 0.2) is 0 Å². The summed E-state index contributed by atoms with van der Waals surface area (Å²) in [6, 6.07) is 10.5. The summed E-state index contributed by atoms with van der Waals surface area (Å²) < 4.78 is 0. The topological polar surface area (TPSA) is 60.9 Å². The van der Waals surface area contributed by atoms with Crippen molar-refractivity contribution < 1.29 is 14.4 Å². The van der Waals surface area contributed by atoms with E-state index in [1.807, 2.05) is 36.9 Å². The molecule has 1 fully saturated rings. The third-order valence-electron chi connectivity index (χ3n) is 5.85. The Morgan fingerprint density at radius 3 is 2.28 bits per heavy atom. The molecule has 2 heterocycles. The standard InChI is InChI=1S/C23H25N3O3/c1-4-24-9-11-25(12-10-24)21(27)17-7-8-18-19(14-17)23(29)26(22(18)28)20-13-15(2)5-6-16(20)3/h5-8,13-14H,4,9-12H2,1-3H3. The first-order valence-corrected chi connectivity index (χ1v) is 10.0. The van der Waals surface area contributed by atoms with Crippen molar-refractivity contribution in [3.05, 3.63) is 64.2 Å². The van der Waals surface area contributed by atoms with E-state index in [-0.39, 0.29) is 17.7 Å². The Kier molecular flexibility index (Phi) is 4.96. The SMILES string of the molecule is CCN1CCN(C(=O)c2ccc3c(c2)C(=O)N(c2cc(C)ccc2C)C3=O)CC1. The first-order valence-electron chi connectivity index (χ1n) is 10.0. The van der Waals surface area contributed by atoms with Crippen LogP contribution in [-0.2, 0) is 0 Å². The lowest BCUT2D eigenvalue weighted by molar-refractivity contribution is 0.0643. The van der Waals surface area contributed by atoms with Crippen LogP contribution in [0.3, 0.4) is 0 Å². The van der Waals surface area contributed by atoms with E-state index in [1.54, 1.807) is 18.2 Å². The zero-order valence-electron chi connectivity index (χ0n) is 17.1. The average Bonchev–Trinajstić information content (AvgIpc) is 2.99. The first kappa shape index (κ1) is 19.3. The highest BCUT2D eigenvalue weighted by Gasteiger charge is 2.38. The summed E-state index contributed by atoms with van der Waals surface area (Å²) in [5, 5.41) is 0. The molecule has 0 saturated carbocycles. The number of likely N-dealkylation sites (N-methyl/N-ethyl adjacent to an activating group) is 1. The van der Waals surface area contributed by atoms with Gasteiger partial charge in [-0.2, -0.15) is 0 Å². The molecule has 29 heavy (non-hydrogen) atoms. The minimum Gasteiger partial charge on any atom is -0.336 e. The number of anilines is 1. The zero-order valence-corrected chi connectivity index (χ0v) is 17.1. The Balaban J connectivity index is 1.62. The van der Waals surface area contributed by atoms with Crippen LogP contribution in [0.1, 0.15) is 49.1 Å². The van der Waals surface area contributed by atoms with Gasteiger partial charge in [-0.05, 0) is 55.8 Å². The predicted molar refractivity (Wildman–Crippen MR) is 112 cm³/mol. The van der Waals surface area contributed by atoms with E-state index in [4.69, 9.17) is 0 Å². The van der Waals surface area contributed by atoms with Crippen molar-refractivity contribution in [1.82, 2.24) is 9.80 Å². The Morgan fingerprint density at radius 1 is 0.897 bits per heavy atom. The van der Waals surface area contributed by atoms with Crippen molar-refractivity contribution in [2.24, 2.45) is 0 Å². The minimum absolute atomic E-state index is 0.0889. The van der Waals surface area contributed by atoms with Crippen LogP contribution in [0.2, 0.25) is 0 Å². The smallest absolute Gasteiger partial charge is 0.266 e. The summed E-state index contributed by atoms with van der Waals surface area (Å²) in [7, 11) is 0. The maximum Gasteiger partial charge on any atom is 0.266 e. The van der Waals surface area contributed by atoms with E-state index >= 15 is 0 Å². The number of aryl methyl sites for hydroxylation is 2. The van der Waals surface area contributed by atoms with Crippen LogP contribution in [-0.4, -0.2) is 60.2 Å². The van der Waals surface area contributed by atoms with Gasteiger partial charge in [0.2, 0.25) is 0 Å². The maximum absolute atomic E-state index is 13.1. The lowest BCUT2D eigenvalue weighted by Crippen LogP contribution is -2.48. The number of imide groups is 1. The number of hydrogen-bond acceptors (Lipinski definition) is 4. The van der Waals surface area contributed by atoms with Crippen LogP contribution in [0.15, 0.2) is 36.4 Å². The van der Waals surface area contributed by atoms with Crippen LogP contribution in [0.25, 0.3) is 0 Å². The van der Waals surface area contributed by atoms with Crippen LogP contribution in [0.4, 0.5) is 5.69 Å². The Morgan fingerprint density at radius 2 is 1.59 bits per heavy atom. The molecular weight excluding hydrogens is 366 g/mol. The van der Waals surface area contributed by atoms with Crippen molar-refractivity contribution in [1.29, 1.82) is 0 Å². The molecule has 6 nitrogen and oxygen atoms in total. The molecule has 0 aliphatic carbocycles. The van der Waals surface area contributed by atoms with Crippen molar-refractivity contribution in [2.75, 3.05) is 37.6 Å². The second kappa shape index (κ2) is 7.44. The number of rotatable bonds is 3. The summed E-state index contributed by atoms with van der Waals surface area (Å²) in [6.45, 7) is 9.94. The van der Waals surface area contributed by atoms with Crippen molar-refractivity contribution in [3.8, 4) is 0 Å². The molecule has 0 N–H and O–H groups in total. The normalized spacial score (nSPS) is 17.1. The number of nitrogens with zero attached hydrogens (tertiary/aromatic N) is 3. The number of amides is 3. The maximum atomic E-state index is 13.1. The Hall–Kier alpha value is -2.99. The molecule has 2 aliphatic rings. The number of piperazine rings is 1. The molecule has 3 amide bonds. The number of carbonyl (C=O) groups is 3. The van der Waals surface area contributed by atoms with Gasteiger partial charge in [-0.3, -0.25) is 14.4 Å². The van der Waals surface area contributed by atoms with Gasteiger partial charge in [-0.15, -0.1) is 0 Å². The van der Waals surface area contributed by atoms with Gasteiger partial charge >= 0.3 is 0 Å². The molecular formula is C23H25N3O3. The molecule has 0 aromatic heterocycles. The Bertz CT molecular complexity index is 1010. The fraction of sp³-hybridized carbons (Fsp3) is 0.348. The minimum atomic E-state index is -0.371. The predicted octanol–water partition coefficient (Wildman–Crippen LogP) is 2.88.